The minimum atomic E-state index is -3.99. The van der Waals surface area contributed by atoms with Crippen molar-refractivity contribution in [3.05, 3.63) is 18.2 Å². The first-order valence-electron chi connectivity index (χ1n) is 6.44. The summed E-state index contributed by atoms with van der Waals surface area (Å²) in [7, 11) is -3.99. The molecule has 0 aliphatic carbocycles. The summed E-state index contributed by atoms with van der Waals surface area (Å²) in [5, 5.41) is 11.0. The third kappa shape index (κ3) is 3.45. The Hall–Kier alpha value is -1.80. The largest absolute Gasteiger partial charge is 0.548 e. The highest BCUT2D eigenvalue weighted by molar-refractivity contribution is 7.89. The van der Waals surface area contributed by atoms with E-state index in [1.54, 1.807) is 13.8 Å². The molecule has 1 N–H and O–H groups in total. The fraction of sp³-hybridized carbons (Fsp3) is 0.462. The van der Waals surface area contributed by atoms with Crippen LogP contribution >= 0.6 is 0 Å². The molecule has 1 aliphatic rings. The van der Waals surface area contributed by atoms with Gasteiger partial charge >= 0.3 is 0 Å². The Kier molecular flexibility index (Phi) is 4.38. The lowest BCUT2D eigenvalue weighted by molar-refractivity contribution is -0.309. The van der Waals surface area contributed by atoms with Crippen LogP contribution in [0.25, 0.3) is 0 Å². The van der Waals surface area contributed by atoms with Crippen molar-refractivity contribution in [2.75, 3.05) is 13.2 Å². The van der Waals surface area contributed by atoms with Gasteiger partial charge in [0, 0.05) is 6.07 Å². The number of carbonyl (C=O) groups is 1. The Bertz CT molecular complexity index is 640. The number of nitrogens with one attached hydrogen (secondary N) is 1. The number of benzene rings is 1. The first-order valence-corrected chi connectivity index (χ1v) is 7.92. The van der Waals surface area contributed by atoms with Crippen LogP contribution in [0.4, 0.5) is 0 Å². The van der Waals surface area contributed by atoms with Gasteiger partial charge < -0.3 is 19.4 Å². The van der Waals surface area contributed by atoms with Crippen molar-refractivity contribution in [3.63, 3.8) is 0 Å². The number of rotatable bonds is 5. The molecule has 0 spiro atoms. The summed E-state index contributed by atoms with van der Waals surface area (Å²) in [5.74, 6) is -1.13. The zero-order valence-corrected chi connectivity index (χ0v) is 12.5. The van der Waals surface area contributed by atoms with Gasteiger partial charge in [0.15, 0.2) is 11.5 Å². The first-order chi connectivity index (χ1) is 9.81. The highest BCUT2D eigenvalue weighted by Gasteiger charge is 2.25. The number of carboxylic acid groups (broad SMARTS) is 1. The van der Waals surface area contributed by atoms with Crippen LogP contribution in [-0.2, 0) is 14.8 Å². The van der Waals surface area contributed by atoms with Gasteiger partial charge in [-0.1, -0.05) is 13.8 Å². The number of hydrogen-bond acceptors (Lipinski definition) is 6. The Balaban J connectivity index is 2.29. The molecule has 0 unspecified atom stereocenters. The monoisotopic (exact) mass is 314 g/mol. The van der Waals surface area contributed by atoms with Gasteiger partial charge in [-0.25, -0.2) is 13.1 Å². The lowest BCUT2D eigenvalue weighted by atomic mass is 10.1. The second-order valence-electron chi connectivity index (χ2n) is 4.97. The number of hydrogen-bond donors (Lipinski definition) is 1. The van der Waals surface area contributed by atoms with E-state index >= 15 is 0 Å². The van der Waals surface area contributed by atoms with Crippen LogP contribution in [0.5, 0.6) is 11.5 Å². The van der Waals surface area contributed by atoms with E-state index < -0.39 is 28.0 Å². The third-order valence-corrected chi connectivity index (χ3v) is 4.47. The highest BCUT2D eigenvalue weighted by atomic mass is 32.2. The number of carbonyl (C=O) groups excluding carboxylic acids is 1. The molecule has 2 rings (SSSR count). The van der Waals surface area contributed by atoms with Crippen LogP contribution in [0.2, 0.25) is 0 Å². The van der Waals surface area contributed by atoms with Crippen molar-refractivity contribution >= 4 is 16.0 Å². The normalized spacial score (nSPS) is 15.8. The predicted octanol–water partition coefficient (Wildman–Crippen LogP) is -0.489. The summed E-state index contributed by atoms with van der Waals surface area (Å²) < 4.78 is 37.2. The van der Waals surface area contributed by atoms with Crippen molar-refractivity contribution in [1.82, 2.24) is 4.72 Å². The number of sulfonamides is 1. The summed E-state index contributed by atoms with van der Waals surface area (Å²) in [5.41, 5.74) is 0. The van der Waals surface area contributed by atoms with Crippen LogP contribution in [0, 0.1) is 5.92 Å². The Labute approximate surface area is 122 Å². The molecule has 0 saturated carbocycles. The molecule has 0 amide bonds. The van der Waals surface area contributed by atoms with Gasteiger partial charge in [0.05, 0.1) is 16.9 Å². The summed E-state index contributed by atoms with van der Waals surface area (Å²) in [6.07, 6.45) is 0. The van der Waals surface area contributed by atoms with E-state index in [0.717, 1.165) is 0 Å². The maximum atomic E-state index is 12.2. The number of aliphatic carboxylic acids is 1. The van der Waals surface area contributed by atoms with Crippen molar-refractivity contribution in [1.29, 1.82) is 0 Å². The van der Waals surface area contributed by atoms with Gasteiger partial charge in [-0.15, -0.1) is 0 Å². The fourth-order valence-electron chi connectivity index (χ4n) is 1.88. The molecule has 0 bridgehead atoms. The fourth-order valence-corrected chi connectivity index (χ4v) is 3.23. The highest BCUT2D eigenvalue weighted by Crippen LogP contribution is 2.32. The van der Waals surface area contributed by atoms with Crippen LogP contribution in [-0.4, -0.2) is 33.6 Å². The average molecular weight is 314 g/mol. The molecule has 7 nitrogen and oxygen atoms in total. The Morgan fingerprint density at radius 3 is 2.43 bits per heavy atom. The van der Waals surface area contributed by atoms with Gasteiger partial charge in [0.2, 0.25) is 10.0 Å². The van der Waals surface area contributed by atoms with Gasteiger partial charge in [-0.3, -0.25) is 0 Å². The third-order valence-electron chi connectivity index (χ3n) is 3.03. The second-order valence-corrected chi connectivity index (χ2v) is 6.68. The maximum absolute atomic E-state index is 12.2. The Morgan fingerprint density at radius 2 is 1.86 bits per heavy atom. The van der Waals surface area contributed by atoms with E-state index in [9.17, 15) is 18.3 Å². The summed E-state index contributed by atoms with van der Waals surface area (Å²) >= 11 is 0. The lowest BCUT2D eigenvalue weighted by Crippen LogP contribution is -2.50. The molecule has 0 fully saturated rings. The number of ether oxygens (including phenoxy) is 2. The van der Waals surface area contributed by atoms with Crippen molar-refractivity contribution < 1.29 is 27.8 Å². The summed E-state index contributed by atoms with van der Waals surface area (Å²) in [6.45, 7) is 3.91. The van der Waals surface area contributed by atoms with Crippen LogP contribution in [0.1, 0.15) is 13.8 Å². The quantitative estimate of drug-likeness (QED) is 0.786. The van der Waals surface area contributed by atoms with Gasteiger partial charge in [-0.2, -0.15) is 0 Å². The molecule has 1 aromatic carbocycles. The van der Waals surface area contributed by atoms with E-state index in [-0.39, 0.29) is 4.90 Å². The standard InChI is InChI=1S/C13H17NO6S/c1-8(2)12(13(15)16)14-21(17,18)9-3-4-10-11(7-9)20-6-5-19-10/h3-4,7-8,12,14H,5-6H2,1-2H3,(H,15,16)/p-1/t12-/m1/s1. The van der Waals surface area contributed by atoms with E-state index in [0.29, 0.717) is 24.7 Å². The van der Waals surface area contributed by atoms with Crippen molar-refractivity contribution in [2.24, 2.45) is 5.92 Å². The zero-order chi connectivity index (χ0) is 15.6. The summed E-state index contributed by atoms with van der Waals surface area (Å²) in [4.78, 5) is 10.9. The minimum absolute atomic E-state index is 0.0846. The van der Waals surface area contributed by atoms with Crippen LogP contribution in [0.15, 0.2) is 23.1 Å². The molecule has 0 saturated heterocycles. The van der Waals surface area contributed by atoms with Gasteiger partial charge in [0.25, 0.3) is 0 Å². The second kappa shape index (κ2) is 5.90. The van der Waals surface area contributed by atoms with E-state index in [1.807, 2.05) is 0 Å². The molecule has 21 heavy (non-hydrogen) atoms. The van der Waals surface area contributed by atoms with E-state index in [1.165, 1.54) is 18.2 Å². The van der Waals surface area contributed by atoms with Gasteiger partial charge in [-0.05, 0) is 18.1 Å². The first kappa shape index (κ1) is 15.6. The maximum Gasteiger partial charge on any atom is 0.241 e. The molecule has 8 heteroatoms. The molecule has 1 heterocycles. The molecule has 1 aromatic rings. The molecule has 1 atom stereocenters. The Morgan fingerprint density at radius 1 is 1.24 bits per heavy atom. The van der Waals surface area contributed by atoms with Crippen molar-refractivity contribution in [2.45, 2.75) is 24.8 Å². The topological polar surface area (TPSA) is 105 Å². The molecule has 0 radical (unpaired) electrons. The van der Waals surface area contributed by atoms with E-state index in [2.05, 4.69) is 4.72 Å². The number of carboxylic acids is 1. The molecule has 0 aromatic heterocycles. The van der Waals surface area contributed by atoms with Gasteiger partial charge in [0.1, 0.15) is 13.2 Å². The molecule has 116 valence electrons. The van der Waals surface area contributed by atoms with Crippen LogP contribution in [0.3, 0.4) is 0 Å². The number of fused-ring (bicyclic) bond motifs is 1. The molecular formula is C13H16NO6S-. The zero-order valence-electron chi connectivity index (χ0n) is 11.7. The predicted molar refractivity (Wildman–Crippen MR) is 71.4 cm³/mol. The smallest absolute Gasteiger partial charge is 0.241 e. The van der Waals surface area contributed by atoms with Crippen molar-refractivity contribution in [3.8, 4) is 11.5 Å². The molecule has 1 aliphatic heterocycles. The van der Waals surface area contributed by atoms with E-state index in [4.69, 9.17) is 9.47 Å². The lowest BCUT2D eigenvalue weighted by Gasteiger charge is -2.24. The minimum Gasteiger partial charge on any atom is -0.548 e. The SMILES string of the molecule is CC(C)[C@@H](NS(=O)(=O)c1ccc2c(c1)OCCO2)C(=O)[O-]. The molecular weight excluding hydrogens is 298 g/mol. The summed E-state index contributed by atoms with van der Waals surface area (Å²) in [6, 6.07) is 2.82. The van der Waals surface area contributed by atoms with Crippen LogP contribution < -0.4 is 19.3 Å². The average Bonchev–Trinajstić information content (AvgIpc) is 2.43.